The highest BCUT2D eigenvalue weighted by molar-refractivity contribution is 6.12. The van der Waals surface area contributed by atoms with Gasteiger partial charge in [0, 0.05) is 23.4 Å². The molecule has 10 nitrogen and oxygen atoms in total. The Labute approximate surface area is 322 Å². The maximum Gasteiger partial charge on any atom is 0.283 e. The fourth-order valence-corrected chi connectivity index (χ4v) is 7.76. The van der Waals surface area contributed by atoms with Crippen LogP contribution >= 0.6 is 0 Å². The normalized spacial score (nSPS) is 17.3. The number of carbonyl (C=O) groups excluding carboxylic acids is 3. The third-order valence-corrected chi connectivity index (χ3v) is 10.6. The molecule has 1 aromatic heterocycles. The average molecular weight is 739 g/mol. The number of hydrogen-bond acceptors (Lipinski definition) is 6. The van der Waals surface area contributed by atoms with Gasteiger partial charge in [0.05, 0.1) is 24.4 Å². The Balaban J connectivity index is 1.21. The van der Waals surface area contributed by atoms with E-state index < -0.39 is 11.8 Å². The number of nitrogens with one attached hydrogen (secondary N) is 2. The monoisotopic (exact) mass is 738 g/mol. The minimum Gasteiger partial charge on any atom is -0.851 e. The van der Waals surface area contributed by atoms with Crippen LogP contribution in [0, 0.1) is 0 Å². The van der Waals surface area contributed by atoms with E-state index >= 15 is 0 Å². The van der Waals surface area contributed by atoms with Crippen LogP contribution in [0.3, 0.4) is 0 Å². The molecule has 2 atom stereocenters. The number of nitrogens with zero attached hydrogens (tertiary/aromatic N) is 3. The number of amides is 3. The minimum absolute atomic E-state index is 0.0168. The van der Waals surface area contributed by atoms with Gasteiger partial charge in [-0.1, -0.05) is 129 Å². The van der Waals surface area contributed by atoms with Crippen molar-refractivity contribution in [2.75, 3.05) is 4.90 Å². The van der Waals surface area contributed by atoms with Crippen LogP contribution in [0.2, 0.25) is 0 Å². The smallest absolute Gasteiger partial charge is 0.283 e. The molecule has 2 aliphatic rings. The van der Waals surface area contributed by atoms with Gasteiger partial charge >= 0.3 is 0 Å². The average Bonchev–Trinajstić information content (AvgIpc) is 3.65. The second-order valence-corrected chi connectivity index (χ2v) is 14.5. The van der Waals surface area contributed by atoms with Crippen LogP contribution in [0.1, 0.15) is 89.9 Å². The van der Waals surface area contributed by atoms with Crippen LogP contribution in [-0.4, -0.2) is 45.7 Å². The number of anilines is 2. The molecule has 2 saturated carbocycles. The highest BCUT2D eigenvalue weighted by atomic mass is 16.5. The van der Waals surface area contributed by atoms with Gasteiger partial charge in [0.15, 0.2) is 5.69 Å². The summed E-state index contributed by atoms with van der Waals surface area (Å²) in [5.41, 5.74) is 4.55. The second kappa shape index (κ2) is 18.2. The minimum atomic E-state index is -0.471. The first kappa shape index (κ1) is 37.7. The predicted octanol–water partition coefficient (Wildman–Crippen LogP) is 7.10. The lowest BCUT2D eigenvalue weighted by Crippen LogP contribution is -2.47. The number of benzene rings is 4. The van der Waals surface area contributed by atoms with Gasteiger partial charge in [-0.2, -0.15) is 5.10 Å². The Morgan fingerprint density at radius 2 is 1.44 bits per heavy atom. The molecule has 2 fully saturated rings. The Hall–Kier alpha value is -5.58. The van der Waals surface area contributed by atoms with Crippen LogP contribution in [0.5, 0.6) is 0 Å². The molecule has 5 aromatic rings. The van der Waals surface area contributed by atoms with Crippen molar-refractivity contribution in [1.82, 2.24) is 20.4 Å². The van der Waals surface area contributed by atoms with Crippen LogP contribution in [-0.2, 0) is 29.3 Å². The molecule has 0 bridgehead atoms. The van der Waals surface area contributed by atoms with Gasteiger partial charge in [0.2, 0.25) is 5.91 Å². The Bertz CT molecular complexity index is 2060. The summed E-state index contributed by atoms with van der Waals surface area (Å²) in [5.74, 6) is -1.15. The highest BCUT2D eigenvalue weighted by Crippen LogP contribution is 2.37. The Morgan fingerprint density at radius 3 is 2.22 bits per heavy atom. The molecular weight excluding hydrogens is 691 g/mol. The van der Waals surface area contributed by atoms with E-state index in [1.54, 1.807) is 11.0 Å². The first-order chi connectivity index (χ1) is 27.0. The molecule has 2 N–H and O–H groups in total. The molecule has 0 saturated heterocycles. The number of aromatic nitrogens is 2. The Morgan fingerprint density at radius 1 is 0.745 bits per heavy atom. The van der Waals surface area contributed by atoms with E-state index in [4.69, 9.17) is 4.74 Å². The summed E-state index contributed by atoms with van der Waals surface area (Å²) in [6.45, 7) is -0.141. The van der Waals surface area contributed by atoms with Crippen LogP contribution < -0.4 is 20.6 Å². The van der Waals surface area contributed by atoms with Gasteiger partial charge in [-0.3, -0.25) is 19.3 Å². The SMILES string of the molecule is O=C(Cn1nc(C(=O)N(c2ccccc2)c2ccccc2-c2cccc(C[O-])c2)cc1C(=O)N[C@H]1CCCC[C@@H]1OCc1ccccc1)NC1CCCCC1. The molecule has 0 radical (unpaired) electrons. The zero-order valence-corrected chi connectivity index (χ0v) is 31.1. The molecule has 0 aliphatic heterocycles. The summed E-state index contributed by atoms with van der Waals surface area (Å²) in [4.78, 5) is 44.2. The molecule has 10 heteroatoms. The zero-order valence-electron chi connectivity index (χ0n) is 31.1. The van der Waals surface area contributed by atoms with Crippen molar-refractivity contribution in [3.8, 4) is 11.1 Å². The summed E-state index contributed by atoms with van der Waals surface area (Å²) in [6, 6.07) is 35.4. The largest absolute Gasteiger partial charge is 0.851 e. The van der Waals surface area contributed by atoms with Crippen molar-refractivity contribution < 1.29 is 24.2 Å². The van der Waals surface area contributed by atoms with Gasteiger partial charge in [-0.25, -0.2) is 4.68 Å². The highest BCUT2D eigenvalue weighted by Gasteiger charge is 2.32. The quantitative estimate of drug-likeness (QED) is 0.133. The van der Waals surface area contributed by atoms with Gasteiger partial charge < -0.3 is 20.5 Å². The molecule has 4 aromatic carbocycles. The van der Waals surface area contributed by atoms with Gasteiger partial charge in [-0.05, 0) is 55.0 Å². The number of para-hydroxylation sites is 2. The van der Waals surface area contributed by atoms with E-state index in [1.165, 1.54) is 10.7 Å². The summed E-state index contributed by atoms with van der Waals surface area (Å²) in [5, 5.41) is 22.8. The molecule has 0 spiro atoms. The van der Waals surface area contributed by atoms with E-state index in [2.05, 4.69) is 15.7 Å². The predicted molar refractivity (Wildman–Crippen MR) is 210 cm³/mol. The van der Waals surface area contributed by atoms with E-state index in [-0.39, 0.29) is 48.6 Å². The van der Waals surface area contributed by atoms with Crippen molar-refractivity contribution in [2.24, 2.45) is 0 Å². The van der Waals surface area contributed by atoms with Crippen LogP contribution in [0.4, 0.5) is 11.4 Å². The van der Waals surface area contributed by atoms with Crippen molar-refractivity contribution in [3.63, 3.8) is 0 Å². The molecule has 3 amide bonds. The zero-order chi connectivity index (χ0) is 38.0. The fourth-order valence-electron chi connectivity index (χ4n) is 7.76. The molecular formula is C45H48N5O5-. The van der Waals surface area contributed by atoms with E-state index in [1.807, 2.05) is 103 Å². The van der Waals surface area contributed by atoms with Crippen molar-refractivity contribution in [3.05, 3.63) is 138 Å². The number of hydrogen-bond donors (Lipinski definition) is 2. The third kappa shape index (κ3) is 9.39. The summed E-state index contributed by atoms with van der Waals surface area (Å²) < 4.78 is 7.71. The van der Waals surface area contributed by atoms with Crippen molar-refractivity contribution in [2.45, 2.75) is 95.7 Å². The number of carbonyl (C=O) groups is 3. The van der Waals surface area contributed by atoms with Crippen molar-refractivity contribution in [1.29, 1.82) is 0 Å². The van der Waals surface area contributed by atoms with Crippen LogP contribution in [0.15, 0.2) is 115 Å². The van der Waals surface area contributed by atoms with Crippen LogP contribution in [0.25, 0.3) is 11.1 Å². The lowest BCUT2D eigenvalue weighted by atomic mass is 9.92. The van der Waals surface area contributed by atoms with E-state index in [0.717, 1.165) is 74.5 Å². The molecule has 55 heavy (non-hydrogen) atoms. The standard InChI is InChI=1S/C45H48N5O5/c51-30-33-17-14-18-34(27-33)37-23-10-12-25-40(37)50(36-21-8-3-9-22-36)45(54)39-28-41(49(48-39)29-43(52)46-35-19-6-2-7-20-35)44(53)47-38-24-11-13-26-42(38)55-31-32-15-4-1-5-16-32/h1,3-5,8-10,12,14-18,21-23,25,27-28,35,38,42H,2,6-7,11,13,19-20,24,26,29-31H2,(H,46,52)(H,47,53)/q-1/t38-,42-/m0/s1. The van der Waals surface area contributed by atoms with E-state index in [9.17, 15) is 19.5 Å². The summed E-state index contributed by atoms with van der Waals surface area (Å²) in [6.07, 6.45) is 8.44. The maximum atomic E-state index is 14.9. The lowest BCUT2D eigenvalue weighted by molar-refractivity contribution is -0.386. The van der Waals surface area contributed by atoms with E-state index in [0.29, 0.717) is 23.5 Å². The fraction of sp³-hybridized carbons (Fsp3) is 0.333. The Kier molecular flexibility index (Phi) is 12.5. The van der Waals surface area contributed by atoms with Gasteiger partial charge in [0.1, 0.15) is 12.2 Å². The first-order valence-corrected chi connectivity index (χ1v) is 19.5. The molecule has 284 valence electrons. The first-order valence-electron chi connectivity index (χ1n) is 19.5. The number of ether oxygens (including phenoxy) is 1. The second-order valence-electron chi connectivity index (χ2n) is 14.5. The molecule has 0 unspecified atom stereocenters. The van der Waals surface area contributed by atoms with Gasteiger partial charge in [0.25, 0.3) is 11.8 Å². The van der Waals surface area contributed by atoms with Crippen molar-refractivity contribution >= 4 is 29.1 Å². The third-order valence-electron chi connectivity index (χ3n) is 10.6. The maximum absolute atomic E-state index is 14.9. The molecule has 7 rings (SSSR count). The molecule has 1 heterocycles. The molecule has 2 aliphatic carbocycles. The summed E-state index contributed by atoms with van der Waals surface area (Å²) in [7, 11) is 0. The topological polar surface area (TPSA) is 129 Å². The lowest BCUT2D eigenvalue weighted by Gasteiger charge is -2.32. The summed E-state index contributed by atoms with van der Waals surface area (Å²) >= 11 is 0. The number of rotatable bonds is 13. The van der Waals surface area contributed by atoms with Gasteiger partial charge in [-0.15, -0.1) is 6.61 Å².